The number of likely N-dealkylation sites (N-methyl/N-ethyl adjacent to an activating group) is 1. The van der Waals surface area contributed by atoms with E-state index in [1.54, 1.807) is 11.3 Å². The maximum Gasteiger partial charge on any atom is 0.150 e. The standard InChI is InChI=1S/C9H12FNOS/c1-11-4-8-9-6(2-3-13-9)7(10)5-12-8/h2-3,7-8,11H,4-5H2,1H3. The largest absolute Gasteiger partial charge is 0.368 e. The van der Waals surface area contributed by atoms with Gasteiger partial charge in [-0.3, -0.25) is 0 Å². The Hall–Kier alpha value is -0.450. The van der Waals surface area contributed by atoms with E-state index in [-0.39, 0.29) is 12.7 Å². The van der Waals surface area contributed by atoms with Crippen LogP contribution >= 0.6 is 11.3 Å². The third-order valence-electron chi connectivity index (χ3n) is 2.19. The highest BCUT2D eigenvalue weighted by Gasteiger charge is 2.28. The fraction of sp³-hybridized carbons (Fsp3) is 0.556. The van der Waals surface area contributed by atoms with Gasteiger partial charge in [0.25, 0.3) is 0 Å². The van der Waals surface area contributed by atoms with Gasteiger partial charge in [0.05, 0.1) is 6.61 Å². The molecule has 13 heavy (non-hydrogen) atoms. The smallest absolute Gasteiger partial charge is 0.150 e. The molecule has 2 atom stereocenters. The van der Waals surface area contributed by atoms with Crippen LogP contribution in [-0.2, 0) is 4.74 Å². The molecule has 0 saturated carbocycles. The first-order valence-corrected chi connectivity index (χ1v) is 5.18. The van der Waals surface area contributed by atoms with Crippen molar-refractivity contribution in [2.24, 2.45) is 0 Å². The topological polar surface area (TPSA) is 21.3 Å². The van der Waals surface area contributed by atoms with E-state index in [0.717, 1.165) is 17.0 Å². The lowest BCUT2D eigenvalue weighted by Gasteiger charge is -2.25. The van der Waals surface area contributed by atoms with Gasteiger partial charge in [-0.1, -0.05) is 0 Å². The fourth-order valence-electron chi connectivity index (χ4n) is 1.55. The van der Waals surface area contributed by atoms with Crippen LogP contribution in [0.5, 0.6) is 0 Å². The van der Waals surface area contributed by atoms with Crippen molar-refractivity contribution >= 4 is 11.3 Å². The molecule has 0 radical (unpaired) electrons. The quantitative estimate of drug-likeness (QED) is 0.790. The number of halogens is 1. The van der Waals surface area contributed by atoms with Crippen molar-refractivity contribution in [3.63, 3.8) is 0 Å². The second-order valence-electron chi connectivity index (χ2n) is 3.09. The van der Waals surface area contributed by atoms with Crippen molar-refractivity contribution in [2.45, 2.75) is 12.3 Å². The molecule has 0 saturated heterocycles. The third kappa shape index (κ3) is 1.61. The second-order valence-corrected chi connectivity index (χ2v) is 4.04. The molecule has 4 heteroatoms. The Bertz CT molecular complexity index is 289. The normalized spacial score (nSPS) is 27.2. The average Bonchev–Trinajstić information content (AvgIpc) is 2.59. The number of nitrogens with one attached hydrogen (secondary N) is 1. The molecule has 2 unspecified atom stereocenters. The Morgan fingerprint density at radius 2 is 2.62 bits per heavy atom. The minimum absolute atomic E-state index is 0.0343. The zero-order chi connectivity index (χ0) is 9.26. The summed E-state index contributed by atoms with van der Waals surface area (Å²) in [7, 11) is 1.87. The Labute approximate surface area is 80.7 Å². The van der Waals surface area contributed by atoms with E-state index < -0.39 is 6.17 Å². The Morgan fingerprint density at radius 3 is 3.38 bits per heavy atom. The first-order chi connectivity index (χ1) is 6.33. The molecule has 0 bridgehead atoms. The van der Waals surface area contributed by atoms with Crippen molar-refractivity contribution in [3.05, 3.63) is 21.9 Å². The van der Waals surface area contributed by atoms with Gasteiger partial charge in [0.1, 0.15) is 12.3 Å². The van der Waals surface area contributed by atoms with Crippen molar-refractivity contribution in [1.82, 2.24) is 5.32 Å². The zero-order valence-electron chi connectivity index (χ0n) is 7.42. The fourth-order valence-corrected chi connectivity index (χ4v) is 2.55. The van der Waals surface area contributed by atoms with Crippen LogP contribution in [-0.4, -0.2) is 20.2 Å². The zero-order valence-corrected chi connectivity index (χ0v) is 8.23. The molecule has 0 aliphatic carbocycles. The van der Waals surface area contributed by atoms with Gasteiger partial charge < -0.3 is 10.1 Å². The van der Waals surface area contributed by atoms with E-state index >= 15 is 0 Å². The summed E-state index contributed by atoms with van der Waals surface area (Å²) >= 11 is 1.57. The third-order valence-corrected chi connectivity index (χ3v) is 3.21. The molecule has 1 aromatic heterocycles. The SMILES string of the molecule is CNCC1OCC(F)c2ccsc21. The van der Waals surface area contributed by atoms with Crippen LogP contribution in [0.4, 0.5) is 4.39 Å². The maximum absolute atomic E-state index is 13.3. The molecule has 0 spiro atoms. The molecule has 1 N–H and O–H groups in total. The predicted molar refractivity (Wildman–Crippen MR) is 50.8 cm³/mol. The highest BCUT2D eigenvalue weighted by molar-refractivity contribution is 7.10. The van der Waals surface area contributed by atoms with E-state index in [1.165, 1.54) is 0 Å². The van der Waals surface area contributed by atoms with E-state index in [1.807, 2.05) is 18.5 Å². The summed E-state index contributed by atoms with van der Waals surface area (Å²) in [6.45, 7) is 0.941. The second kappa shape index (κ2) is 3.74. The summed E-state index contributed by atoms with van der Waals surface area (Å²) in [5, 5.41) is 4.97. The minimum atomic E-state index is -0.936. The molecule has 0 aromatic carbocycles. The van der Waals surface area contributed by atoms with Crippen LogP contribution < -0.4 is 5.32 Å². The summed E-state index contributed by atoms with van der Waals surface area (Å²) in [5.41, 5.74) is 0.816. The van der Waals surface area contributed by atoms with Gasteiger partial charge in [0.15, 0.2) is 0 Å². The average molecular weight is 201 g/mol. The molecule has 1 aliphatic heterocycles. The lowest BCUT2D eigenvalue weighted by molar-refractivity contribution is 0.00333. The van der Waals surface area contributed by atoms with Gasteiger partial charge >= 0.3 is 0 Å². The van der Waals surface area contributed by atoms with E-state index in [9.17, 15) is 4.39 Å². The number of rotatable bonds is 2. The van der Waals surface area contributed by atoms with Crippen LogP contribution in [0.1, 0.15) is 22.7 Å². The lowest BCUT2D eigenvalue weighted by atomic mass is 10.1. The molecule has 0 amide bonds. The number of hydrogen-bond acceptors (Lipinski definition) is 3. The lowest BCUT2D eigenvalue weighted by Crippen LogP contribution is -2.25. The monoisotopic (exact) mass is 201 g/mol. The van der Waals surface area contributed by atoms with Crippen molar-refractivity contribution in [3.8, 4) is 0 Å². The van der Waals surface area contributed by atoms with Crippen LogP contribution in [0, 0.1) is 0 Å². The summed E-state index contributed by atoms with van der Waals surface area (Å²) < 4.78 is 18.7. The molecule has 72 valence electrons. The van der Waals surface area contributed by atoms with Crippen molar-refractivity contribution in [1.29, 1.82) is 0 Å². The summed E-state index contributed by atoms with van der Waals surface area (Å²) in [6, 6.07) is 1.86. The number of thiophene rings is 1. The van der Waals surface area contributed by atoms with E-state index in [2.05, 4.69) is 5.32 Å². The first kappa shape index (κ1) is 9.12. The van der Waals surface area contributed by atoms with Gasteiger partial charge in [-0.15, -0.1) is 11.3 Å². The van der Waals surface area contributed by atoms with E-state index in [0.29, 0.717) is 0 Å². The van der Waals surface area contributed by atoms with Gasteiger partial charge in [0.2, 0.25) is 0 Å². The van der Waals surface area contributed by atoms with Crippen LogP contribution in [0.25, 0.3) is 0 Å². The van der Waals surface area contributed by atoms with Crippen LogP contribution in [0.3, 0.4) is 0 Å². The maximum atomic E-state index is 13.3. The number of hydrogen-bond donors (Lipinski definition) is 1. The Kier molecular flexibility index (Phi) is 2.62. The Morgan fingerprint density at radius 1 is 1.77 bits per heavy atom. The number of fused-ring (bicyclic) bond motifs is 1. The molecule has 1 aliphatic rings. The minimum Gasteiger partial charge on any atom is -0.368 e. The summed E-state index contributed by atoms with van der Waals surface area (Å²) in [6.07, 6.45) is -0.902. The summed E-state index contributed by atoms with van der Waals surface area (Å²) in [5.74, 6) is 0. The van der Waals surface area contributed by atoms with Gasteiger partial charge in [-0.2, -0.15) is 0 Å². The molecule has 1 aromatic rings. The molecular weight excluding hydrogens is 189 g/mol. The molecule has 2 rings (SSSR count). The van der Waals surface area contributed by atoms with Gasteiger partial charge in [-0.05, 0) is 18.5 Å². The Balaban J connectivity index is 2.24. The molecular formula is C9H12FNOS. The van der Waals surface area contributed by atoms with Crippen LogP contribution in [0.15, 0.2) is 11.4 Å². The number of alkyl halides is 1. The number of ether oxygens (including phenoxy) is 1. The van der Waals surface area contributed by atoms with E-state index in [4.69, 9.17) is 4.74 Å². The van der Waals surface area contributed by atoms with Gasteiger partial charge in [0, 0.05) is 17.0 Å². The molecule has 2 heterocycles. The van der Waals surface area contributed by atoms with Crippen LogP contribution in [0.2, 0.25) is 0 Å². The highest BCUT2D eigenvalue weighted by atomic mass is 32.1. The first-order valence-electron chi connectivity index (χ1n) is 4.30. The van der Waals surface area contributed by atoms with Crippen molar-refractivity contribution in [2.75, 3.05) is 20.2 Å². The van der Waals surface area contributed by atoms with Gasteiger partial charge in [-0.25, -0.2) is 4.39 Å². The van der Waals surface area contributed by atoms with Crippen molar-refractivity contribution < 1.29 is 9.13 Å². The predicted octanol–water partition coefficient (Wildman–Crippen LogP) is 2.05. The summed E-state index contributed by atoms with van der Waals surface area (Å²) in [4.78, 5) is 1.04. The molecule has 0 fully saturated rings. The highest BCUT2D eigenvalue weighted by Crippen LogP contribution is 2.37. The molecule has 2 nitrogen and oxygen atoms in total.